The van der Waals surface area contributed by atoms with Crippen molar-refractivity contribution in [2.75, 3.05) is 41.4 Å². The van der Waals surface area contributed by atoms with E-state index in [2.05, 4.69) is 6.58 Å². The number of hydrogen-bond donors (Lipinski definition) is 4. The summed E-state index contributed by atoms with van der Waals surface area (Å²) in [5, 5.41) is 46.2. The first-order valence-electron chi connectivity index (χ1n) is 21.4. The summed E-state index contributed by atoms with van der Waals surface area (Å²) < 4.78 is 49.6. The van der Waals surface area contributed by atoms with Crippen molar-refractivity contribution in [3.63, 3.8) is 0 Å². The number of likely N-dealkylation sites (N-methyl/N-ethyl adjacent to an activating group) is 2. The first-order valence-corrected chi connectivity index (χ1v) is 21.4. The van der Waals surface area contributed by atoms with Gasteiger partial charge in [0.25, 0.3) is 0 Å². The molecule has 19 atom stereocenters. The highest BCUT2D eigenvalue weighted by atomic mass is 16.8. The van der Waals surface area contributed by atoms with Crippen LogP contribution in [-0.4, -0.2) is 175 Å². The highest BCUT2D eigenvalue weighted by Crippen LogP contribution is 2.40. The van der Waals surface area contributed by atoms with Crippen LogP contribution in [0.5, 0.6) is 0 Å². The lowest BCUT2D eigenvalue weighted by Crippen LogP contribution is -2.59. The lowest BCUT2D eigenvalue weighted by atomic mass is 9.77. The fourth-order valence-corrected chi connectivity index (χ4v) is 9.18. The second-order valence-electron chi connectivity index (χ2n) is 18.2. The highest BCUT2D eigenvalue weighted by Gasteiger charge is 2.52. The van der Waals surface area contributed by atoms with E-state index >= 15 is 0 Å². The summed E-state index contributed by atoms with van der Waals surface area (Å²) in [6.07, 6.45) is -8.59. The fourth-order valence-electron chi connectivity index (χ4n) is 9.18. The number of carbonyl (C=O) groups is 2. The summed E-state index contributed by atoms with van der Waals surface area (Å²) in [6.45, 7) is 21.7. The van der Waals surface area contributed by atoms with Gasteiger partial charge in [0.05, 0.1) is 48.1 Å². The standard InChI is InChI=1S/C43H78N2O14/c1-16-18-53-41(50)59-36-31(44(12)13)20-24(4)54-40(36)58-35-25(5)34(57-33-21-42(10,52-15)38(48)29(9)55-33)26(6)39(49)56-32(17-2)43(11,51)37(47)27(7)45(14)22-23(3)19-30(35)28(8)46/h16,23-38,40,46-48,51H,1,17-22H2,2-15H3/t23-,24-,25+,26-,27-,28-,29+,30?,31+,32-,33+,34+,35-,36-,37-,38+,40+,42-,43-/m1/s1. The SMILES string of the molecule is C=CCOC(=O)O[C@H]1[C@H](O[C@H]2C([C@@H](C)O)C[C@@H](C)CN(C)[C@H](C)[C@@H](O)[C@](C)(O)[C@@H](CC)OC(=O)[C@H](C)[C@@H](O[C@H]3C[C@@](C)(OC)[C@@H](O)[C@H](C)O3)[C@@H]2C)O[C@H](C)C[C@@H]1N(C)C. The molecule has 0 bridgehead atoms. The molecule has 3 heterocycles. The molecule has 0 amide bonds. The van der Waals surface area contributed by atoms with Crippen LogP contribution in [0, 0.1) is 23.7 Å². The van der Waals surface area contributed by atoms with E-state index in [1.165, 1.54) is 20.1 Å². The monoisotopic (exact) mass is 847 g/mol. The number of cyclic esters (lactones) is 1. The summed E-state index contributed by atoms with van der Waals surface area (Å²) in [5.74, 6) is -3.14. The van der Waals surface area contributed by atoms with Crippen LogP contribution >= 0.6 is 0 Å². The Balaban J connectivity index is 2.26. The van der Waals surface area contributed by atoms with Crippen molar-refractivity contribution in [3.8, 4) is 0 Å². The molecule has 0 aromatic carbocycles. The number of aliphatic hydroxyl groups is 4. The molecule has 1 unspecified atom stereocenters. The number of esters is 1. The van der Waals surface area contributed by atoms with Gasteiger partial charge in [0.2, 0.25) is 0 Å². The number of carbonyl (C=O) groups excluding carboxylic acids is 2. The second-order valence-corrected chi connectivity index (χ2v) is 18.2. The van der Waals surface area contributed by atoms with Crippen molar-refractivity contribution in [2.24, 2.45) is 23.7 Å². The molecule has 4 N–H and O–H groups in total. The topological polar surface area (TPSA) is 195 Å². The molecule has 3 fully saturated rings. The summed E-state index contributed by atoms with van der Waals surface area (Å²) in [7, 11) is 7.11. The van der Waals surface area contributed by atoms with Crippen LogP contribution in [0.2, 0.25) is 0 Å². The Morgan fingerprint density at radius 3 is 2.24 bits per heavy atom. The van der Waals surface area contributed by atoms with Crippen LogP contribution in [0.15, 0.2) is 12.7 Å². The predicted molar refractivity (Wildman–Crippen MR) is 219 cm³/mol. The van der Waals surface area contributed by atoms with Gasteiger partial charge in [-0.25, -0.2) is 4.79 Å². The van der Waals surface area contributed by atoms with Gasteiger partial charge in [-0.15, -0.1) is 0 Å². The highest BCUT2D eigenvalue weighted by molar-refractivity contribution is 5.73. The summed E-state index contributed by atoms with van der Waals surface area (Å²) in [5.41, 5.74) is -2.87. The quantitative estimate of drug-likeness (QED) is 0.174. The second kappa shape index (κ2) is 21.9. The Labute approximate surface area is 352 Å². The Morgan fingerprint density at radius 1 is 1.03 bits per heavy atom. The van der Waals surface area contributed by atoms with Gasteiger partial charge in [-0.2, -0.15) is 0 Å². The van der Waals surface area contributed by atoms with E-state index in [0.29, 0.717) is 19.4 Å². The van der Waals surface area contributed by atoms with Crippen LogP contribution in [-0.2, 0) is 42.7 Å². The molecule has 0 spiro atoms. The Morgan fingerprint density at radius 2 is 1.68 bits per heavy atom. The lowest BCUT2D eigenvalue weighted by molar-refractivity contribution is -0.311. The molecule has 16 nitrogen and oxygen atoms in total. The molecule has 3 aliphatic rings. The largest absolute Gasteiger partial charge is 0.509 e. The van der Waals surface area contributed by atoms with Crippen LogP contribution in [0.25, 0.3) is 0 Å². The average Bonchev–Trinajstić information content (AvgIpc) is 3.17. The first kappa shape index (κ1) is 51.4. The maximum Gasteiger partial charge on any atom is 0.509 e. The molecular weight excluding hydrogens is 768 g/mol. The van der Waals surface area contributed by atoms with Crippen LogP contribution in [0.4, 0.5) is 4.79 Å². The average molecular weight is 847 g/mol. The molecule has 344 valence electrons. The maximum atomic E-state index is 14.4. The lowest BCUT2D eigenvalue weighted by Gasteiger charge is -2.48. The minimum absolute atomic E-state index is 0.0605. The molecule has 3 rings (SSSR count). The summed E-state index contributed by atoms with van der Waals surface area (Å²) in [4.78, 5) is 31.3. The van der Waals surface area contributed by atoms with E-state index in [1.807, 2.05) is 58.6 Å². The van der Waals surface area contributed by atoms with Gasteiger partial charge in [-0.3, -0.25) is 4.79 Å². The van der Waals surface area contributed by atoms with Crippen molar-refractivity contribution in [2.45, 2.75) is 186 Å². The predicted octanol–water partition coefficient (Wildman–Crippen LogP) is 3.49. The van der Waals surface area contributed by atoms with Crippen molar-refractivity contribution < 1.29 is 67.9 Å². The van der Waals surface area contributed by atoms with E-state index in [9.17, 15) is 30.0 Å². The van der Waals surface area contributed by atoms with Gasteiger partial charge in [0.15, 0.2) is 18.7 Å². The van der Waals surface area contributed by atoms with Crippen molar-refractivity contribution in [3.05, 3.63) is 12.7 Å². The fraction of sp³-hybridized carbons (Fsp3) is 0.907. The van der Waals surface area contributed by atoms with Crippen LogP contribution in [0.3, 0.4) is 0 Å². The van der Waals surface area contributed by atoms with Gasteiger partial charge in [0, 0.05) is 38.0 Å². The number of aliphatic hydroxyl groups excluding tert-OH is 3. The third-order valence-corrected chi connectivity index (χ3v) is 13.1. The first-order chi connectivity index (χ1) is 27.4. The third kappa shape index (κ3) is 12.6. The van der Waals surface area contributed by atoms with Gasteiger partial charge >= 0.3 is 12.1 Å². The van der Waals surface area contributed by atoms with Crippen molar-refractivity contribution in [1.29, 1.82) is 0 Å². The zero-order valence-electron chi connectivity index (χ0n) is 38.1. The molecular formula is C43H78N2O14. The third-order valence-electron chi connectivity index (χ3n) is 13.1. The maximum absolute atomic E-state index is 14.4. The Kier molecular flexibility index (Phi) is 19.1. The van der Waals surface area contributed by atoms with E-state index in [0.717, 1.165) is 0 Å². The Bertz CT molecular complexity index is 1340. The van der Waals surface area contributed by atoms with Crippen molar-refractivity contribution >= 4 is 12.1 Å². The number of rotatable bonds is 11. The van der Waals surface area contributed by atoms with Crippen LogP contribution < -0.4 is 0 Å². The van der Waals surface area contributed by atoms with Crippen molar-refractivity contribution in [1.82, 2.24) is 9.80 Å². The summed E-state index contributed by atoms with van der Waals surface area (Å²) >= 11 is 0. The molecule has 0 aromatic heterocycles. The molecule has 0 radical (unpaired) electrons. The van der Waals surface area contributed by atoms with Crippen LogP contribution in [0.1, 0.15) is 94.9 Å². The summed E-state index contributed by atoms with van der Waals surface area (Å²) in [6, 6.07) is -0.900. The van der Waals surface area contributed by atoms with Gasteiger partial charge < -0.3 is 68.1 Å². The van der Waals surface area contributed by atoms with Gasteiger partial charge in [0.1, 0.15) is 30.5 Å². The molecule has 3 saturated heterocycles. The number of nitrogens with zero attached hydrogens (tertiary/aromatic N) is 2. The zero-order chi connectivity index (χ0) is 44.7. The Hall–Kier alpha value is -1.96. The van der Waals surface area contributed by atoms with Gasteiger partial charge in [-0.05, 0) is 94.8 Å². The zero-order valence-corrected chi connectivity index (χ0v) is 38.1. The molecule has 3 aliphatic heterocycles. The van der Waals surface area contributed by atoms with E-state index in [1.54, 1.807) is 34.6 Å². The molecule has 0 saturated carbocycles. The molecule has 59 heavy (non-hydrogen) atoms. The number of ether oxygens (including phenoxy) is 8. The molecule has 0 aromatic rings. The van der Waals surface area contributed by atoms with E-state index < -0.39 is 109 Å². The normalized spacial score (nSPS) is 44.2. The minimum atomic E-state index is -1.82. The smallest absolute Gasteiger partial charge is 0.459 e. The van der Waals surface area contributed by atoms with E-state index in [-0.39, 0.29) is 37.5 Å². The van der Waals surface area contributed by atoms with Gasteiger partial charge in [-0.1, -0.05) is 33.4 Å². The van der Waals surface area contributed by atoms with E-state index in [4.69, 9.17) is 37.9 Å². The molecule has 0 aliphatic carbocycles. The number of hydrogen-bond acceptors (Lipinski definition) is 16. The number of methoxy groups -OCH3 is 1. The molecule has 16 heteroatoms. The minimum Gasteiger partial charge on any atom is -0.459 e.